The Bertz CT molecular complexity index is 1150. The van der Waals surface area contributed by atoms with Gasteiger partial charge < -0.3 is 29.4 Å². The number of carbonyl (C=O) groups is 3. The molecule has 1 aliphatic heterocycles. The summed E-state index contributed by atoms with van der Waals surface area (Å²) in [7, 11) is 6.64. The number of aromatic amines is 1. The average Bonchev–Trinajstić information content (AvgIpc) is 3.25. The zero-order valence-corrected chi connectivity index (χ0v) is 20.4. The minimum Gasteiger partial charge on any atom is -0.507 e. The first-order valence-electron chi connectivity index (χ1n) is 11.0. The number of carbonyl (C=O) groups excluding carboxylic acids is 3. The number of hydrogen-bond donors (Lipinski definition) is 2. The summed E-state index contributed by atoms with van der Waals surface area (Å²) in [4.78, 5) is 45.0. The lowest BCUT2D eigenvalue weighted by Crippen LogP contribution is -2.32. The zero-order chi connectivity index (χ0) is 25.2. The highest BCUT2D eigenvalue weighted by atomic mass is 16.5. The van der Waals surface area contributed by atoms with E-state index < -0.39 is 23.7 Å². The Kier molecular flexibility index (Phi) is 7.46. The summed E-state index contributed by atoms with van der Waals surface area (Å²) in [6.45, 7) is 4.37. The number of rotatable bonds is 8. The number of likely N-dealkylation sites (tertiary alicyclic amines) is 1. The second-order valence-corrected chi connectivity index (χ2v) is 8.51. The standard InChI is InChI=1S/C25H31N3O6/c1-14-18(15(2)26-20(14)25(32)34-6)22(29)19-21(16-10-7-8-11-17(16)33-5)28(24(31)23(19)30)13-9-12-27(3)4/h7-8,10-11,21,26,29H,9,12-13H2,1-6H3/t21-/m1/s1. The largest absolute Gasteiger partial charge is 0.507 e. The molecule has 2 heterocycles. The van der Waals surface area contributed by atoms with Crippen LogP contribution in [0.5, 0.6) is 5.75 Å². The van der Waals surface area contributed by atoms with Gasteiger partial charge in [-0.2, -0.15) is 0 Å². The van der Waals surface area contributed by atoms with E-state index in [9.17, 15) is 19.5 Å². The number of methoxy groups -OCH3 is 2. The number of esters is 1. The van der Waals surface area contributed by atoms with Crippen molar-refractivity contribution in [3.05, 3.63) is 57.9 Å². The second kappa shape index (κ2) is 10.1. The van der Waals surface area contributed by atoms with Gasteiger partial charge in [0, 0.05) is 23.4 Å². The van der Waals surface area contributed by atoms with Crippen LogP contribution in [0, 0.1) is 13.8 Å². The Labute approximate surface area is 199 Å². The maximum Gasteiger partial charge on any atom is 0.354 e. The van der Waals surface area contributed by atoms with Gasteiger partial charge >= 0.3 is 5.97 Å². The summed E-state index contributed by atoms with van der Waals surface area (Å²) in [5, 5.41) is 11.4. The zero-order valence-electron chi connectivity index (χ0n) is 20.4. The lowest BCUT2D eigenvalue weighted by Gasteiger charge is -2.27. The number of nitrogens with zero attached hydrogens (tertiary/aromatic N) is 2. The number of benzene rings is 1. The fourth-order valence-corrected chi connectivity index (χ4v) is 4.43. The maximum atomic E-state index is 13.3. The Morgan fingerprint density at radius 2 is 1.85 bits per heavy atom. The van der Waals surface area contributed by atoms with Gasteiger partial charge in [0.1, 0.15) is 17.2 Å². The van der Waals surface area contributed by atoms with E-state index in [1.807, 2.05) is 19.0 Å². The molecule has 1 aliphatic rings. The number of H-pyrrole nitrogens is 1. The summed E-state index contributed by atoms with van der Waals surface area (Å²) in [6, 6.07) is 6.27. The first-order valence-corrected chi connectivity index (χ1v) is 11.0. The molecule has 2 N–H and O–H groups in total. The topological polar surface area (TPSA) is 112 Å². The van der Waals surface area contributed by atoms with Crippen LogP contribution in [0.3, 0.4) is 0 Å². The van der Waals surface area contributed by atoms with E-state index in [0.29, 0.717) is 41.1 Å². The number of Topliss-reactive ketones (excluding diaryl/α,β-unsaturated/α-hetero) is 1. The van der Waals surface area contributed by atoms with Crippen molar-refractivity contribution in [2.45, 2.75) is 26.3 Å². The Morgan fingerprint density at radius 1 is 1.18 bits per heavy atom. The first-order chi connectivity index (χ1) is 16.1. The molecule has 1 amide bonds. The van der Waals surface area contributed by atoms with Crippen molar-refractivity contribution in [1.29, 1.82) is 0 Å². The number of ketones is 1. The molecule has 0 radical (unpaired) electrons. The molecule has 0 unspecified atom stereocenters. The predicted molar refractivity (Wildman–Crippen MR) is 127 cm³/mol. The number of aryl methyl sites for hydroxylation is 1. The third-order valence-electron chi connectivity index (χ3n) is 6.04. The molecule has 0 aliphatic carbocycles. The van der Waals surface area contributed by atoms with Crippen molar-refractivity contribution in [2.75, 3.05) is 41.4 Å². The number of aliphatic hydroxyl groups excluding tert-OH is 1. The molecule has 1 aromatic carbocycles. The number of aromatic nitrogens is 1. The molecule has 0 spiro atoms. The van der Waals surface area contributed by atoms with Gasteiger partial charge in [-0.05, 0) is 52.5 Å². The second-order valence-electron chi connectivity index (χ2n) is 8.51. The van der Waals surface area contributed by atoms with Crippen molar-refractivity contribution in [2.24, 2.45) is 0 Å². The Balaban J connectivity index is 2.22. The lowest BCUT2D eigenvalue weighted by molar-refractivity contribution is -0.140. The highest BCUT2D eigenvalue weighted by Crippen LogP contribution is 2.43. The Morgan fingerprint density at radius 3 is 2.47 bits per heavy atom. The number of aliphatic hydroxyl groups is 1. The molecule has 9 heteroatoms. The van der Waals surface area contributed by atoms with Crippen molar-refractivity contribution in [3.63, 3.8) is 0 Å². The molecule has 182 valence electrons. The molecule has 1 aromatic heterocycles. The quantitative estimate of drug-likeness (QED) is 0.265. The summed E-state index contributed by atoms with van der Waals surface area (Å²) < 4.78 is 10.3. The predicted octanol–water partition coefficient (Wildman–Crippen LogP) is 2.80. The smallest absolute Gasteiger partial charge is 0.354 e. The molecule has 3 rings (SSSR count). The highest BCUT2D eigenvalue weighted by Gasteiger charge is 2.47. The third kappa shape index (κ3) is 4.43. The number of nitrogens with one attached hydrogen (secondary N) is 1. The van der Waals surface area contributed by atoms with Gasteiger partial charge in [-0.3, -0.25) is 9.59 Å². The van der Waals surface area contributed by atoms with Gasteiger partial charge in [0.2, 0.25) is 0 Å². The Hall–Kier alpha value is -3.59. The van der Waals surface area contributed by atoms with E-state index in [1.54, 1.807) is 38.1 Å². The van der Waals surface area contributed by atoms with Crippen LogP contribution in [-0.2, 0) is 14.3 Å². The van der Waals surface area contributed by atoms with Crippen LogP contribution in [0.2, 0.25) is 0 Å². The molecule has 34 heavy (non-hydrogen) atoms. The van der Waals surface area contributed by atoms with Crippen molar-refractivity contribution in [1.82, 2.24) is 14.8 Å². The number of para-hydroxylation sites is 1. The molecule has 0 bridgehead atoms. The third-order valence-corrected chi connectivity index (χ3v) is 6.04. The minimum absolute atomic E-state index is 0.0408. The highest BCUT2D eigenvalue weighted by molar-refractivity contribution is 6.46. The fourth-order valence-electron chi connectivity index (χ4n) is 4.43. The molecule has 2 aromatic rings. The van der Waals surface area contributed by atoms with E-state index in [1.165, 1.54) is 19.1 Å². The molecular weight excluding hydrogens is 438 g/mol. The molecule has 1 fully saturated rings. The van der Waals surface area contributed by atoms with Crippen LogP contribution in [0.15, 0.2) is 29.8 Å². The van der Waals surface area contributed by atoms with Crippen molar-refractivity contribution in [3.8, 4) is 5.75 Å². The average molecular weight is 470 g/mol. The van der Waals surface area contributed by atoms with E-state index in [2.05, 4.69) is 4.98 Å². The summed E-state index contributed by atoms with van der Waals surface area (Å²) in [5.41, 5.74) is 1.94. The first kappa shape index (κ1) is 25.0. The van der Waals surface area contributed by atoms with Crippen LogP contribution < -0.4 is 4.74 Å². The normalized spacial score (nSPS) is 17.5. The van der Waals surface area contributed by atoms with E-state index in [4.69, 9.17) is 9.47 Å². The summed E-state index contributed by atoms with van der Waals surface area (Å²) in [5.74, 6) is -1.90. The van der Waals surface area contributed by atoms with E-state index in [-0.39, 0.29) is 17.0 Å². The lowest BCUT2D eigenvalue weighted by atomic mass is 9.93. The van der Waals surface area contributed by atoms with Gasteiger partial charge in [-0.25, -0.2) is 4.79 Å². The summed E-state index contributed by atoms with van der Waals surface area (Å²) in [6.07, 6.45) is 0.639. The maximum absolute atomic E-state index is 13.3. The van der Waals surface area contributed by atoms with Crippen LogP contribution >= 0.6 is 0 Å². The fraction of sp³-hybridized carbons (Fsp3) is 0.400. The van der Waals surface area contributed by atoms with Gasteiger partial charge in [0.25, 0.3) is 11.7 Å². The molecular formula is C25H31N3O6. The monoisotopic (exact) mass is 469 g/mol. The van der Waals surface area contributed by atoms with Crippen LogP contribution in [0.1, 0.15) is 45.3 Å². The van der Waals surface area contributed by atoms with Gasteiger partial charge in [-0.15, -0.1) is 0 Å². The van der Waals surface area contributed by atoms with Crippen LogP contribution in [-0.4, -0.2) is 79.0 Å². The van der Waals surface area contributed by atoms with E-state index in [0.717, 1.165) is 6.54 Å². The van der Waals surface area contributed by atoms with Crippen molar-refractivity contribution < 1.29 is 29.0 Å². The SMILES string of the molecule is COC(=O)c1[nH]c(C)c(C(O)=C2C(=O)C(=O)N(CCCN(C)C)[C@@H]2c2ccccc2OC)c1C. The van der Waals surface area contributed by atoms with Crippen LogP contribution in [0.25, 0.3) is 5.76 Å². The summed E-state index contributed by atoms with van der Waals surface area (Å²) >= 11 is 0. The number of hydrogen-bond acceptors (Lipinski definition) is 7. The number of amides is 1. The minimum atomic E-state index is -0.839. The molecule has 9 nitrogen and oxygen atoms in total. The molecule has 1 saturated heterocycles. The van der Waals surface area contributed by atoms with Gasteiger partial charge in [0.05, 0.1) is 25.8 Å². The number of ether oxygens (including phenoxy) is 2. The van der Waals surface area contributed by atoms with E-state index >= 15 is 0 Å². The van der Waals surface area contributed by atoms with Gasteiger partial charge in [-0.1, -0.05) is 18.2 Å². The molecule has 0 saturated carbocycles. The van der Waals surface area contributed by atoms with Gasteiger partial charge in [0.15, 0.2) is 0 Å². The molecule has 1 atom stereocenters. The van der Waals surface area contributed by atoms with Crippen LogP contribution in [0.4, 0.5) is 0 Å². The van der Waals surface area contributed by atoms with Crippen molar-refractivity contribution >= 4 is 23.4 Å².